The van der Waals surface area contributed by atoms with Crippen molar-refractivity contribution in [1.82, 2.24) is 0 Å². The van der Waals surface area contributed by atoms with Gasteiger partial charge in [0.2, 0.25) is 0 Å². The molecule has 0 N–H and O–H groups in total. The van der Waals surface area contributed by atoms with Gasteiger partial charge in [-0.05, 0) is 32.6 Å². The van der Waals surface area contributed by atoms with E-state index >= 15 is 0 Å². The van der Waals surface area contributed by atoms with Crippen LogP contribution in [0.25, 0.3) is 0 Å². The van der Waals surface area contributed by atoms with E-state index in [0.29, 0.717) is 18.8 Å². The molecular weight excluding hydrogens is 164 g/mol. The maximum atomic E-state index is 11.5. The lowest BCUT2D eigenvalue weighted by Gasteiger charge is -2.32. The molecule has 1 rings (SSSR count). The van der Waals surface area contributed by atoms with E-state index in [4.69, 9.17) is 0 Å². The SMILES string of the molecule is C=C(C)C1CCC(=O)C(C)(C=O)C1. The molecule has 1 aliphatic carbocycles. The molecule has 0 saturated heterocycles. The second kappa shape index (κ2) is 3.44. The Balaban J connectivity index is 2.80. The Bertz CT molecular complexity index is 255. The van der Waals surface area contributed by atoms with Crippen LogP contribution >= 0.6 is 0 Å². The van der Waals surface area contributed by atoms with Crippen LogP contribution in [0.1, 0.15) is 33.1 Å². The number of hydrogen-bond donors (Lipinski definition) is 0. The summed E-state index contributed by atoms with van der Waals surface area (Å²) in [7, 11) is 0. The van der Waals surface area contributed by atoms with Crippen LogP contribution in [0.3, 0.4) is 0 Å². The third-order valence-electron chi connectivity index (χ3n) is 2.98. The standard InChI is InChI=1S/C11H16O2/c1-8(2)9-4-5-10(13)11(3,6-9)7-12/h7,9H,1,4-6H2,2-3H3. The Kier molecular flexibility index (Phi) is 2.69. The minimum atomic E-state index is -0.748. The van der Waals surface area contributed by atoms with Gasteiger partial charge in [-0.1, -0.05) is 12.2 Å². The summed E-state index contributed by atoms with van der Waals surface area (Å²) in [5.41, 5.74) is 0.336. The molecule has 2 nitrogen and oxygen atoms in total. The molecule has 0 bridgehead atoms. The third kappa shape index (κ3) is 1.87. The van der Waals surface area contributed by atoms with Gasteiger partial charge in [0.05, 0.1) is 5.41 Å². The lowest BCUT2D eigenvalue weighted by molar-refractivity contribution is -0.136. The largest absolute Gasteiger partial charge is 0.302 e. The van der Waals surface area contributed by atoms with Gasteiger partial charge in [0, 0.05) is 6.42 Å². The molecule has 0 aliphatic heterocycles. The van der Waals surface area contributed by atoms with Crippen molar-refractivity contribution < 1.29 is 9.59 Å². The highest BCUT2D eigenvalue weighted by atomic mass is 16.1. The molecule has 0 aromatic carbocycles. The lowest BCUT2D eigenvalue weighted by Crippen LogP contribution is -2.36. The minimum Gasteiger partial charge on any atom is -0.302 e. The Morgan fingerprint density at radius 3 is 2.77 bits per heavy atom. The molecular formula is C11H16O2. The van der Waals surface area contributed by atoms with E-state index in [1.807, 2.05) is 6.92 Å². The van der Waals surface area contributed by atoms with Crippen LogP contribution < -0.4 is 0 Å². The van der Waals surface area contributed by atoms with E-state index in [-0.39, 0.29) is 5.78 Å². The van der Waals surface area contributed by atoms with Crippen molar-refractivity contribution in [2.45, 2.75) is 33.1 Å². The van der Waals surface area contributed by atoms with Gasteiger partial charge < -0.3 is 4.79 Å². The molecule has 2 unspecified atom stereocenters. The van der Waals surface area contributed by atoms with Gasteiger partial charge in [-0.25, -0.2) is 0 Å². The van der Waals surface area contributed by atoms with Crippen LogP contribution in [-0.2, 0) is 9.59 Å². The summed E-state index contributed by atoms with van der Waals surface area (Å²) in [6.45, 7) is 7.57. The van der Waals surface area contributed by atoms with E-state index in [1.165, 1.54) is 0 Å². The zero-order chi connectivity index (χ0) is 10.1. The van der Waals surface area contributed by atoms with Gasteiger partial charge in [-0.3, -0.25) is 4.79 Å². The van der Waals surface area contributed by atoms with Crippen molar-refractivity contribution >= 4 is 12.1 Å². The van der Waals surface area contributed by atoms with Crippen LogP contribution in [-0.4, -0.2) is 12.1 Å². The van der Waals surface area contributed by atoms with Crippen molar-refractivity contribution in [3.8, 4) is 0 Å². The molecule has 0 aromatic heterocycles. The fourth-order valence-electron chi connectivity index (χ4n) is 1.85. The third-order valence-corrected chi connectivity index (χ3v) is 2.98. The Labute approximate surface area is 79.0 Å². The van der Waals surface area contributed by atoms with Gasteiger partial charge in [0.25, 0.3) is 0 Å². The maximum Gasteiger partial charge on any atom is 0.145 e. The lowest BCUT2D eigenvalue weighted by atomic mass is 9.69. The topological polar surface area (TPSA) is 34.1 Å². The van der Waals surface area contributed by atoms with E-state index < -0.39 is 5.41 Å². The highest BCUT2D eigenvalue weighted by molar-refractivity contribution is 5.98. The molecule has 2 heteroatoms. The molecule has 1 fully saturated rings. The number of carbonyl (C=O) groups is 2. The predicted molar refractivity (Wildman–Crippen MR) is 51.3 cm³/mol. The fourth-order valence-corrected chi connectivity index (χ4v) is 1.85. The monoisotopic (exact) mass is 180 g/mol. The first-order chi connectivity index (χ1) is 5.99. The zero-order valence-electron chi connectivity index (χ0n) is 8.30. The molecule has 0 radical (unpaired) electrons. The smallest absolute Gasteiger partial charge is 0.145 e. The first-order valence-electron chi connectivity index (χ1n) is 4.64. The summed E-state index contributed by atoms with van der Waals surface area (Å²) in [4.78, 5) is 22.3. The Hall–Kier alpha value is -0.920. The van der Waals surface area contributed by atoms with Crippen molar-refractivity contribution in [1.29, 1.82) is 0 Å². The summed E-state index contributed by atoms with van der Waals surface area (Å²) >= 11 is 0. The average molecular weight is 180 g/mol. The summed E-state index contributed by atoms with van der Waals surface area (Å²) < 4.78 is 0. The Morgan fingerprint density at radius 1 is 1.69 bits per heavy atom. The maximum absolute atomic E-state index is 11.5. The highest BCUT2D eigenvalue weighted by Gasteiger charge is 2.39. The Morgan fingerprint density at radius 2 is 2.31 bits per heavy atom. The van der Waals surface area contributed by atoms with Gasteiger partial charge in [-0.15, -0.1) is 0 Å². The van der Waals surface area contributed by atoms with Crippen LogP contribution in [0.2, 0.25) is 0 Å². The van der Waals surface area contributed by atoms with Gasteiger partial charge in [-0.2, -0.15) is 0 Å². The predicted octanol–water partition coefficient (Wildman–Crippen LogP) is 2.14. The van der Waals surface area contributed by atoms with E-state index in [0.717, 1.165) is 18.3 Å². The van der Waals surface area contributed by atoms with Gasteiger partial charge >= 0.3 is 0 Å². The fraction of sp³-hybridized carbons (Fsp3) is 0.636. The molecule has 2 atom stereocenters. The van der Waals surface area contributed by atoms with Crippen molar-refractivity contribution in [2.24, 2.45) is 11.3 Å². The number of carbonyl (C=O) groups excluding carboxylic acids is 2. The quantitative estimate of drug-likeness (QED) is 0.370. The number of rotatable bonds is 2. The normalized spacial score (nSPS) is 34.3. The van der Waals surface area contributed by atoms with Crippen LogP contribution in [0, 0.1) is 11.3 Å². The van der Waals surface area contributed by atoms with Crippen LogP contribution in [0.5, 0.6) is 0 Å². The molecule has 1 saturated carbocycles. The second-order valence-corrected chi connectivity index (χ2v) is 4.24. The molecule has 1 aliphatic rings. The van der Waals surface area contributed by atoms with E-state index in [1.54, 1.807) is 6.92 Å². The number of aldehydes is 1. The molecule has 0 amide bonds. The highest BCUT2D eigenvalue weighted by Crippen LogP contribution is 2.37. The van der Waals surface area contributed by atoms with Crippen molar-refractivity contribution in [3.63, 3.8) is 0 Å². The first kappa shape index (κ1) is 10.2. The minimum absolute atomic E-state index is 0.0833. The van der Waals surface area contributed by atoms with Crippen molar-refractivity contribution in [3.05, 3.63) is 12.2 Å². The number of hydrogen-bond acceptors (Lipinski definition) is 2. The number of Topliss-reactive ketones (excluding diaryl/α,β-unsaturated/α-hetero) is 1. The van der Waals surface area contributed by atoms with Gasteiger partial charge in [0.1, 0.15) is 12.1 Å². The van der Waals surface area contributed by atoms with E-state index in [2.05, 4.69) is 6.58 Å². The van der Waals surface area contributed by atoms with Crippen LogP contribution in [0.4, 0.5) is 0 Å². The molecule has 72 valence electrons. The molecule has 0 spiro atoms. The summed E-state index contributed by atoms with van der Waals surface area (Å²) in [5.74, 6) is 0.424. The average Bonchev–Trinajstić information content (AvgIpc) is 2.09. The second-order valence-electron chi connectivity index (χ2n) is 4.24. The summed E-state index contributed by atoms with van der Waals surface area (Å²) in [6.07, 6.45) is 2.82. The van der Waals surface area contributed by atoms with E-state index in [9.17, 15) is 9.59 Å². The van der Waals surface area contributed by atoms with Gasteiger partial charge in [0.15, 0.2) is 0 Å². The summed E-state index contributed by atoms with van der Waals surface area (Å²) in [5, 5.41) is 0. The number of allylic oxidation sites excluding steroid dienone is 1. The first-order valence-corrected chi connectivity index (χ1v) is 4.64. The summed E-state index contributed by atoms with van der Waals surface area (Å²) in [6, 6.07) is 0. The number of ketones is 1. The van der Waals surface area contributed by atoms with Crippen LogP contribution in [0.15, 0.2) is 12.2 Å². The molecule has 0 aromatic rings. The molecule has 13 heavy (non-hydrogen) atoms. The molecule has 0 heterocycles. The zero-order valence-corrected chi connectivity index (χ0v) is 8.30. The van der Waals surface area contributed by atoms with Crippen molar-refractivity contribution in [2.75, 3.05) is 0 Å².